The third-order valence-corrected chi connectivity index (χ3v) is 7.89. The second-order valence-electron chi connectivity index (χ2n) is 10.6. The van der Waals surface area contributed by atoms with Crippen molar-refractivity contribution in [3.8, 4) is 28.4 Å². The van der Waals surface area contributed by atoms with Gasteiger partial charge in [0.05, 0.1) is 45.3 Å². The number of nitrogens with zero attached hydrogens (tertiary/aromatic N) is 1. The summed E-state index contributed by atoms with van der Waals surface area (Å²) in [7, 11) is 4.67. The number of carbonyl (C=O) groups is 2. The molecular weight excluding hydrogens is 548 g/mol. The highest BCUT2D eigenvalue weighted by atomic mass is 16.5. The maximum Gasteiger partial charge on any atom is 0.243 e. The Hall–Kier alpha value is -4.60. The number of hydrogen-bond acceptors (Lipinski definition) is 8. The van der Waals surface area contributed by atoms with Gasteiger partial charge in [0, 0.05) is 18.7 Å². The number of rotatable bonds is 11. The summed E-state index contributed by atoms with van der Waals surface area (Å²) in [4.78, 5) is 43.7. The van der Waals surface area contributed by atoms with E-state index in [-0.39, 0.29) is 35.4 Å². The molecule has 2 aromatic carbocycles. The molecule has 3 unspecified atom stereocenters. The lowest BCUT2D eigenvalue weighted by Gasteiger charge is -2.24. The zero-order chi connectivity index (χ0) is 31.1. The van der Waals surface area contributed by atoms with Crippen LogP contribution in [0.15, 0.2) is 53.5 Å². The van der Waals surface area contributed by atoms with Crippen LogP contribution >= 0.6 is 0 Å². The van der Waals surface area contributed by atoms with Crippen LogP contribution in [0.25, 0.3) is 11.1 Å². The van der Waals surface area contributed by atoms with Crippen molar-refractivity contribution in [1.82, 2.24) is 15.6 Å². The lowest BCUT2D eigenvalue weighted by atomic mass is 9.95. The van der Waals surface area contributed by atoms with Crippen LogP contribution in [0.4, 0.5) is 5.69 Å². The average Bonchev–Trinajstić information content (AvgIpc) is 3.25. The molecule has 4 rings (SSSR count). The normalized spacial score (nSPS) is 15.1. The predicted octanol–water partition coefficient (Wildman–Crippen LogP) is 4.40. The Labute approximate surface area is 252 Å². The smallest absolute Gasteiger partial charge is 0.243 e. The third kappa shape index (κ3) is 6.90. The predicted molar refractivity (Wildman–Crippen MR) is 166 cm³/mol. The number of ether oxygens (including phenoxy) is 3. The molecule has 0 saturated carbocycles. The summed E-state index contributed by atoms with van der Waals surface area (Å²) in [5, 5.41) is 9.20. The summed E-state index contributed by atoms with van der Waals surface area (Å²) in [5.74, 6) is 0.923. The Morgan fingerprint density at radius 2 is 1.81 bits per heavy atom. The Kier molecular flexibility index (Phi) is 10.2. The first-order valence-corrected chi connectivity index (χ1v) is 14.4. The summed E-state index contributed by atoms with van der Waals surface area (Å²) >= 11 is 0. The number of methoxy groups -OCH3 is 3. The zero-order valence-corrected chi connectivity index (χ0v) is 25.6. The molecule has 3 N–H and O–H groups in total. The molecule has 0 aliphatic heterocycles. The maximum absolute atomic E-state index is 13.8. The van der Waals surface area contributed by atoms with Crippen LogP contribution in [-0.4, -0.2) is 44.2 Å². The largest absolute Gasteiger partial charge is 0.493 e. The number of nitrogens with one attached hydrogen (secondary N) is 3. The molecule has 1 heterocycles. The van der Waals surface area contributed by atoms with Gasteiger partial charge in [-0.2, -0.15) is 0 Å². The van der Waals surface area contributed by atoms with Crippen molar-refractivity contribution in [3.63, 3.8) is 0 Å². The van der Waals surface area contributed by atoms with Crippen LogP contribution in [0.2, 0.25) is 0 Å². The van der Waals surface area contributed by atoms with Crippen molar-refractivity contribution in [2.24, 2.45) is 5.92 Å². The quantitative estimate of drug-likeness (QED) is 0.301. The minimum atomic E-state index is -0.666. The molecule has 0 fully saturated rings. The van der Waals surface area contributed by atoms with Gasteiger partial charge in [-0.25, -0.2) is 0 Å². The van der Waals surface area contributed by atoms with Crippen LogP contribution in [0.3, 0.4) is 0 Å². The van der Waals surface area contributed by atoms with Gasteiger partial charge in [0.25, 0.3) is 0 Å². The van der Waals surface area contributed by atoms with Crippen molar-refractivity contribution < 1.29 is 23.8 Å². The first kappa shape index (κ1) is 31.3. The highest BCUT2D eigenvalue weighted by molar-refractivity contribution is 5.86. The molecule has 228 valence electrons. The molecule has 2 amide bonds. The highest BCUT2D eigenvalue weighted by Gasteiger charge is 2.30. The van der Waals surface area contributed by atoms with E-state index in [1.54, 1.807) is 39.7 Å². The summed E-state index contributed by atoms with van der Waals surface area (Å²) in [5.41, 5.74) is 3.77. The van der Waals surface area contributed by atoms with E-state index in [9.17, 15) is 14.4 Å². The summed E-state index contributed by atoms with van der Waals surface area (Å²) in [6, 6.07) is 11.4. The number of aryl methyl sites for hydroxylation is 1. The maximum atomic E-state index is 13.8. The van der Waals surface area contributed by atoms with Gasteiger partial charge in [-0.3, -0.25) is 19.4 Å². The SMILES string of the molecule is CCC(C)C(Nc1ccc2c(cc1=O)C(NC(C)=O)CCc1cc(OC)c(OC)c(OC)c1-2)C(=O)NCc1ccccn1. The van der Waals surface area contributed by atoms with E-state index in [2.05, 4.69) is 20.9 Å². The summed E-state index contributed by atoms with van der Waals surface area (Å²) in [6.07, 6.45) is 3.54. The number of anilines is 1. The topological polar surface area (TPSA) is 128 Å². The van der Waals surface area contributed by atoms with Crippen molar-refractivity contribution in [2.45, 2.75) is 58.7 Å². The molecule has 10 heteroatoms. The molecule has 3 atom stereocenters. The minimum absolute atomic E-state index is 0.0730. The van der Waals surface area contributed by atoms with E-state index in [0.29, 0.717) is 41.2 Å². The van der Waals surface area contributed by atoms with Crippen molar-refractivity contribution in [3.05, 3.63) is 75.7 Å². The van der Waals surface area contributed by atoms with E-state index >= 15 is 0 Å². The standard InChI is InChI=1S/C33H40N4O6/c1-7-19(2)30(33(40)35-18-22-10-8-9-15-34-22)37-26-14-12-23-24(17-27(26)39)25(36-20(3)38)13-11-21-16-28(41-4)31(42-5)32(43-6)29(21)23/h8-10,12,14-17,19,25,30H,7,11,13,18H2,1-6H3,(H,35,40)(H,36,38)(H,37,39). The Morgan fingerprint density at radius 1 is 1.05 bits per heavy atom. The summed E-state index contributed by atoms with van der Waals surface area (Å²) in [6.45, 7) is 5.70. The number of fused-ring (bicyclic) bond motifs is 3. The van der Waals surface area contributed by atoms with Crippen LogP contribution in [0, 0.1) is 5.92 Å². The first-order valence-electron chi connectivity index (χ1n) is 14.4. The molecule has 10 nitrogen and oxygen atoms in total. The van der Waals surface area contributed by atoms with E-state index in [4.69, 9.17) is 14.2 Å². The summed E-state index contributed by atoms with van der Waals surface area (Å²) < 4.78 is 17.1. The van der Waals surface area contributed by atoms with Gasteiger partial charge in [-0.05, 0) is 65.8 Å². The van der Waals surface area contributed by atoms with Gasteiger partial charge in [0.15, 0.2) is 11.5 Å². The first-order chi connectivity index (χ1) is 20.7. The molecule has 0 radical (unpaired) electrons. The number of hydrogen-bond donors (Lipinski definition) is 3. The Bertz CT molecular complexity index is 1530. The van der Waals surface area contributed by atoms with Crippen molar-refractivity contribution >= 4 is 17.5 Å². The van der Waals surface area contributed by atoms with Crippen LogP contribution in [-0.2, 0) is 22.6 Å². The fourth-order valence-electron chi connectivity index (χ4n) is 5.49. The van der Waals surface area contributed by atoms with E-state index < -0.39 is 12.1 Å². The molecule has 1 aromatic heterocycles. The Balaban J connectivity index is 1.82. The fraction of sp³-hybridized carbons (Fsp3) is 0.394. The fourth-order valence-corrected chi connectivity index (χ4v) is 5.49. The lowest BCUT2D eigenvalue weighted by Crippen LogP contribution is -2.44. The van der Waals surface area contributed by atoms with E-state index in [0.717, 1.165) is 23.2 Å². The monoisotopic (exact) mass is 588 g/mol. The minimum Gasteiger partial charge on any atom is -0.493 e. The molecule has 1 aliphatic rings. The van der Waals surface area contributed by atoms with Gasteiger partial charge in [-0.15, -0.1) is 0 Å². The molecular formula is C33H40N4O6. The van der Waals surface area contributed by atoms with E-state index in [1.165, 1.54) is 6.92 Å². The van der Waals surface area contributed by atoms with E-state index in [1.807, 2.05) is 44.2 Å². The van der Waals surface area contributed by atoms with Crippen molar-refractivity contribution in [2.75, 3.05) is 26.6 Å². The van der Waals surface area contributed by atoms with Gasteiger partial charge in [-0.1, -0.05) is 32.4 Å². The van der Waals surface area contributed by atoms with Crippen molar-refractivity contribution in [1.29, 1.82) is 0 Å². The molecule has 3 aromatic rings. The van der Waals surface area contributed by atoms with Crippen LogP contribution in [0.1, 0.15) is 56.5 Å². The molecule has 0 saturated heterocycles. The second kappa shape index (κ2) is 14.0. The number of pyridine rings is 1. The van der Waals surface area contributed by atoms with Gasteiger partial charge in [0.2, 0.25) is 23.0 Å². The van der Waals surface area contributed by atoms with Gasteiger partial charge >= 0.3 is 0 Å². The third-order valence-electron chi connectivity index (χ3n) is 7.89. The van der Waals surface area contributed by atoms with Gasteiger partial charge < -0.3 is 30.2 Å². The number of aromatic nitrogens is 1. The average molecular weight is 589 g/mol. The molecule has 1 aliphatic carbocycles. The highest BCUT2D eigenvalue weighted by Crippen LogP contribution is 2.50. The second-order valence-corrected chi connectivity index (χ2v) is 10.6. The zero-order valence-electron chi connectivity index (χ0n) is 25.6. The van der Waals surface area contributed by atoms with Crippen LogP contribution in [0.5, 0.6) is 17.2 Å². The molecule has 43 heavy (non-hydrogen) atoms. The molecule has 0 spiro atoms. The Morgan fingerprint density at radius 3 is 2.44 bits per heavy atom. The lowest BCUT2D eigenvalue weighted by molar-refractivity contribution is -0.123. The number of benzene rings is 1. The van der Waals surface area contributed by atoms with Gasteiger partial charge in [0.1, 0.15) is 6.04 Å². The molecule has 0 bridgehead atoms. The number of carbonyl (C=O) groups excluding carboxylic acids is 2. The van der Waals surface area contributed by atoms with Crippen LogP contribution < -0.4 is 35.6 Å². The number of amides is 2.